The summed E-state index contributed by atoms with van der Waals surface area (Å²) in [5, 5.41) is 0. The van der Waals surface area contributed by atoms with Crippen LogP contribution in [0, 0.1) is 0 Å². The van der Waals surface area contributed by atoms with Gasteiger partial charge in [0.15, 0.2) is 0 Å². The third-order valence-electron chi connectivity index (χ3n) is 4.80. The molecule has 0 aromatic heterocycles. The molecule has 0 fully saturated rings. The van der Waals surface area contributed by atoms with Crippen LogP contribution in [0.2, 0.25) is 0 Å². The van der Waals surface area contributed by atoms with Crippen molar-refractivity contribution in [1.29, 1.82) is 0 Å². The second-order valence-corrected chi connectivity index (χ2v) is 8.08. The number of carbonyl (C=O) groups is 2. The van der Waals surface area contributed by atoms with Crippen molar-refractivity contribution in [3.05, 3.63) is 64.6 Å². The number of hydrogen-bond acceptors (Lipinski definition) is 4. The fraction of sp³-hybridized carbons (Fsp3) is 0.333. The van der Waals surface area contributed by atoms with Crippen LogP contribution in [-0.4, -0.2) is 24.2 Å². The number of benzene rings is 2. The Morgan fingerprint density at radius 2 is 1.59 bits per heavy atom. The molecule has 29 heavy (non-hydrogen) atoms. The largest absolute Gasteiger partial charge is 0.494 e. The maximum atomic E-state index is 13.3. The van der Waals surface area contributed by atoms with Crippen molar-refractivity contribution in [3.8, 4) is 5.75 Å². The monoisotopic (exact) mass is 409 g/mol. The van der Waals surface area contributed by atoms with Crippen LogP contribution in [0.25, 0.3) is 5.57 Å². The van der Waals surface area contributed by atoms with E-state index in [1.54, 1.807) is 0 Å². The Morgan fingerprint density at radius 3 is 2.17 bits per heavy atom. The van der Waals surface area contributed by atoms with E-state index in [0.29, 0.717) is 22.8 Å². The van der Waals surface area contributed by atoms with Crippen LogP contribution < -0.4 is 9.64 Å². The molecule has 0 spiro atoms. The van der Waals surface area contributed by atoms with Gasteiger partial charge in [-0.2, -0.15) is 0 Å². The molecule has 1 aliphatic heterocycles. The number of unbranched alkanes of at least 4 members (excludes halogenated alkanes) is 1. The minimum Gasteiger partial charge on any atom is -0.494 e. The quantitative estimate of drug-likeness (QED) is 0.516. The van der Waals surface area contributed by atoms with Gasteiger partial charge in [-0.1, -0.05) is 44.5 Å². The Balaban J connectivity index is 1.92. The predicted octanol–water partition coefficient (Wildman–Crippen LogP) is 5.47. The number of amides is 2. The van der Waals surface area contributed by atoms with Crippen LogP contribution >= 0.6 is 11.8 Å². The van der Waals surface area contributed by atoms with Crippen molar-refractivity contribution < 1.29 is 14.3 Å². The third kappa shape index (κ3) is 4.56. The lowest BCUT2D eigenvalue weighted by atomic mass is 10.1. The minimum atomic E-state index is -0.267. The summed E-state index contributed by atoms with van der Waals surface area (Å²) in [6.45, 7) is 6.66. The summed E-state index contributed by atoms with van der Waals surface area (Å²) in [5.41, 5.74) is 3.05. The molecule has 0 saturated carbocycles. The van der Waals surface area contributed by atoms with Crippen molar-refractivity contribution in [2.45, 2.75) is 40.0 Å². The first kappa shape index (κ1) is 21.2. The molecule has 4 nitrogen and oxygen atoms in total. The topological polar surface area (TPSA) is 46.6 Å². The van der Waals surface area contributed by atoms with Crippen LogP contribution in [-0.2, 0) is 16.0 Å². The molecule has 0 bridgehead atoms. The summed E-state index contributed by atoms with van der Waals surface area (Å²) in [5.74, 6) is 0.958. The third-order valence-corrected chi connectivity index (χ3v) is 5.75. The first-order valence-electron chi connectivity index (χ1n) is 10.2. The number of hydrogen-bond donors (Lipinski definition) is 0. The van der Waals surface area contributed by atoms with E-state index in [0.717, 1.165) is 36.3 Å². The molecule has 0 saturated heterocycles. The molecule has 1 heterocycles. The highest BCUT2D eigenvalue weighted by molar-refractivity contribution is 8.04. The number of imide groups is 1. The lowest BCUT2D eigenvalue weighted by Gasteiger charge is -2.16. The zero-order valence-corrected chi connectivity index (χ0v) is 18.1. The zero-order valence-electron chi connectivity index (χ0n) is 17.2. The summed E-state index contributed by atoms with van der Waals surface area (Å²) in [6.07, 6.45) is 3.27. The van der Waals surface area contributed by atoms with Gasteiger partial charge in [0.05, 0.1) is 22.8 Å². The van der Waals surface area contributed by atoms with Gasteiger partial charge in [0.1, 0.15) is 5.75 Å². The number of ether oxygens (including phenoxy) is 1. The zero-order chi connectivity index (χ0) is 20.8. The molecule has 2 aromatic carbocycles. The average Bonchev–Trinajstić information content (AvgIpc) is 2.98. The number of aryl methyl sites for hydroxylation is 1. The Morgan fingerprint density at radius 1 is 0.897 bits per heavy atom. The Labute approximate surface area is 176 Å². The summed E-state index contributed by atoms with van der Waals surface area (Å²) in [7, 11) is 0. The van der Waals surface area contributed by atoms with Gasteiger partial charge in [-0.05, 0) is 60.9 Å². The second kappa shape index (κ2) is 9.79. The molecular weight excluding hydrogens is 382 g/mol. The SMILES string of the molecule is CCCCc1ccc(N2C(=O)C(SCC)=C(c3ccc(OCC)cc3)C2=O)cc1. The van der Waals surface area contributed by atoms with E-state index in [1.165, 1.54) is 22.2 Å². The standard InChI is InChI=1S/C24H27NO3S/c1-4-7-8-17-9-13-19(14-10-17)25-23(26)21(22(24(25)27)29-6-3)18-11-15-20(16-12-18)28-5-2/h9-16H,4-8H2,1-3H3. The summed E-state index contributed by atoms with van der Waals surface area (Å²) in [6, 6.07) is 15.1. The highest BCUT2D eigenvalue weighted by atomic mass is 32.2. The van der Waals surface area contributed by atoms with Crippen LogP contribution in [0.5, 0.6) is 5.75 Å². The number of carbonyl (C=O) groups excluding carboxylic acids is 2. The van der Waals surface area contributed by atoms with E-state index < -0.39 is 0 Å². The van der Waals surface area contributed by atoms with E-state index in [4.69, 9.17) is 4.74 Å². The molecular formula is C24H27NO3S. The lowest BCUT2D eigenvalue weighted by Crippen LogP contribution is -2.31. The number of anilines is 1. The first-order chi connectivity index (χ1) is 14.1. The van der Waals surface area contributed by atoms with E-state index in [9.17, 15) is 9.59 Å². The number of nitrogens with zero attached hydrogens (tertiary/aromatic N) is 1. The molecule has 0 unspecified atom stereocenters. The van der Waals surface area contributed by atoms with Gasteiger partial charge in [-0.3, -0.25) is 9.59 Å². The average molecular weight is 410 g/mol. The second-order valence-electron chi connectivity index (χ2n) is 6.81. The summed E-state index contributed by atoms with van der Waals surface area (Å²) in [4.78, 5) is 28.2. The van der Waals surface area contributed by atoms with Crippen molar-refractivity contribution >= 4 is 34.8 Å². The van der Waals surface area contributed by atoms with Crippen LogP contribution in [0.1, 0.15) is 44.7 Å². The molecule has 2 aromatic rings. The molecule has 0 atom stereocenters. The Hall–Kier alpha value is -2.53. The Bertz CT molecular complexity index is 901. The van der Waals surface area contributed by atoms with E-state index >= 15 is 0 Å². The van der Waals surface area contributed by atoms with Gasteiger partial charge < -0.3 is 4.74 Å². The summed E-state index contributed by atoms with van der Waals surface area (Å²) >= 11 is 1.42. The van der Waals surface area contributed by atoms with Crippen LogP contribution in [0.4, 0.5) is 5.69 Å². The molecule has 5 heteroatoms. The molecule has 2 amide bonds. The predicted molar refractivity (Wildman–Crippen MR) is 120 cm³/mol. The van der Waals surface area contributed by atoms with Crippen LogP contribution in [0.3, 0.4) is 0 Å². The van der Waals surface area contributed by atoms with E-state index in [2.05, 4.69) is 6.92 Å². The fourth-order valence-corrected chi connectivity index (χ4v) is 4.21. The van der Waals surface area contributed by atoms with Gasteiger partial charge in [-0.15, -0.1) is 11.8 Å². The van der Waals surface area contributed by atoms with Crippen LogP contribution in [0.15, 0.2) is 53.4 Å². The van der Waals surface area contributed by atoms with Crippen molar-refractivity contribution in [3.63, 3.8) is 0 Å². The normalized spacial score (nSPS) is 14.1. The van der Waals surface area contributed by atoms with Gasteiger partial charge >= 0.3 is 0 Å². The molecule has 1 aliphatic rings. The lowest BCUT2D eigenvalue weighted by molar-refractivity contribution is -0.119. The summed E-state index contributed by atoms with van der Waals surface area (Å²) < 4.78 is 5.49. The van der Waals surface area contributed by atoms with Gasteiger partial charge in [-0.25, -0.2) is 4.90 Å². The smallest absolute Gasteiger partial charge is 0.272 e. The minimum absolute atomic E-state index is 0.243. The first-order valence-corrected chi connectivity index (χ1v) is 11.2. The molecule has 0 N–H and O–H groups in total. The molecule has 152 valence electrons. The highest BCUT2D eigenvalue weighted by Crippen LogP contribution is 2.38. The van der Waals surface area contributed by atoms with Gasteiger partial charge in [0, 0.05) is 0 Å². The van der Waals surface area contributed by atoms with Crippen molar-refractivity contribution in [2.24, 2.45) is 0 Å². The molecule has 3 rings (SSSR count). The molecule has 0 radical (unpaired) electrons. The fourth-order valence-electron chi connectivity index (χ4n) is 3.35. The maximum Gasteiger partial charge on any atom is 0.272 e. The highest BCUT2D eigenvalue weighted by Gasteiger charge is 2.39. The van der Waals surface area contributed by atoms with Crippen molar-refractivity contribution in [2.75, 3.05) is 17.3 Å². The Kier molecular flexibility index (Phi) is 7.15. The van der Waals surface area contributed by atoms with Crippen molar-refractivity contribution in [1.82, 2.24) is 0 Å². The maximum absolute atomic E-state index is 13.3. The van der Waals surface area contributed by atoms with E-state index in [1.807, 2.05) is 62.4 Å². The molecule has 0 aliphatic carbocycles. The number of thioether (sulfide) groups is 1. The van der Waals surface area contributed by atoms with Gasteiger partial charge in [0.25, 0.3) is 11.8 Å². The number of rotatable bonds is 9. The van der Waals surface area contributed by atoms with E-state index in [-0.39, 0.29) is 11.8 Å². The van der Waals surface area contributed by atoms with Gasteiger partial charge in [0.2, 0.25) is 0 Å².